The lowest BCUT2D eigenvalue weighted by Crippen LogP contribution is -2.16. The van der Waals surface area contributed by atoms with Gasteiger partial charge in [0, 0.05) is 5.56 Å². The molecule has 1 aromatic carbocycles. The van der Waals surface area contributed by atoms with Gasteiger partial charge in [-0.05, 0) is 41.9 Å². The number of halogens is 4. The molecule has 1 aromatic heterocycles. The van der Waals surface area contributed by atoms with Gasteiger partial charge in [-0.15, -0.1) is 0 Å². The van der Waals surface area contributed by atoms with Crippen molar-refractivity contribution in [3.63, 3.8) is 0 Å². The number of hydrogen-bond donors (Lipinski definition) is 1. The van der Waals surface area contributed by atoms with Crippen LogP contribution < -0.4 is 10.5 Å². The summed E-state index contributed by atoms with van der Waals surface area (Å²) in [6.07, 6.45) is -0.428. The highest BCUT2D eigenvalue weighted by atomic mass is 79.9. The number of methoxy groups -OCH3 is 1. The normalized spacial score (nSPS) is 10.9. The van der Waals surface area contributed by atoms with Crippen LogP contribution in [0.15, 0.2) is 16.6 Å². The minimum atomic E-state index is -0.990. The van der Waals surface area contributed by atoms with Gasteiger partial charge in [0.15, 0.2) is 23.1 Å². The lowest BCUT2D eigenvalue weighted by Gasteiger charge is -2.14. The zero-order chi connectivity index (χ0) is 18.9. The van der Waals surface area contributed by atoms with Crippen molar-refractivity contribution in [1.82, 2.24) is 4.98 Å². The minimum Gasteiger partial charge on any atom is -0.492 e. The number of benzene rings is 1. The molecule has 0 aliphatic heterocycles. The van der Waals surface area contributed by atoms with Gasteiger partial charge >= 0.3 is 5.97 Å². The molecule has 0 saturated heterocycles. The molecule has 0 saturated carbocycles. The van der Waals surface area contributed by atoms with Gasteiger partial charge in [-0.3, -0.25) is 0 Å². The molecule has 1 heterocycles. The summed E-state index contributed by atoms with van der Waals surface area (Å²) in [6.45, 7) is 3.28. The Morgan fingerprint density at radius 3 is 2.52 bits per heavy atom. The standard InChI is InChI=1S/C16H14BrClF2N2O3/c1-6(2)25-16(23)14-9(17)12(21)11(20)13(22-14)7-4-5-8(18)15(24-3)10(7)19/h4-6H,1-3H3,(H2,21,22). The Morgan fingerprint density at radius 1 is 1.32 bits per heavy atom. The van der Waals surface area contributed by atoms with Crippen LogP contribution in [-0.4, -0.2) is 24.2 Å². The third kappa shape index (κ3) is 3.69. The molecule has 5 nitrogen and oxygen atoms in total. The smallest absolute Gasteiger partial charge is 0.358 e. The van der Waals surface area contributed by atoms with Gasteiger partial charge in [0.1, 0.15) is 5.69 Å². The maximum Gasteiger partial charge on any atom is 0.358 e. The maximum absolute atomic E-state index is 14.6. The van der Waals surface area contributed by atoms with Crippen LogP contribution >= 0.6 is 27.5 Å². The molecule has 0 aliphatic carbocycles. The summed E-state index contributed by atoms with van der Waals surface area (Å²) in [4.78, 5) is 16.1. The first kappa shape index (κ1) is 19.4. The second-order valence-electron chi connectivity index (χ2n) is 5.25. The predicted molar refractivity (Wildman–Crippen MR) is 93.8 cm³/mol. The van der Waals surface area contributed by atoms with Crippen LogP contribution in [0, 0.1) is 11.6 Å². The Kier molecular flexibility index (Phi) is 5.84. The van der Waals surface area contributed by atoms with Crippen molar-refractivity contribution in [2.24, 2.45) is 0 Å². The van der Waals surface area contributed by atoms with E-state index in [-0.39, 0.29) is 26.5 Å². The highest BCUT2D eigenvalue weighted by Gasteiger charge is 2.26. The first-order valence-electron chi connectivity index (χ1n) is 7.06. The predicted octanol–water partition coefficient (Wildman–Crippen LogP) is 4.60. The molecule has 0 aliphatic rings. The van der Waals surface area contributed by atoms with Gasteiger partial charge < -0.3 is 15.2 Å². The third-order valence-electron chi connectivity index (χ3n) is 3.16. The van der Waals surface area contributed by atoms with Crippen molar-refractivity contribution >= 4 is 39.2 Å². The van der Waals surface area contributed by atoms with Crippen molar-refractivity contribution in [2.75, 3.05) is 12.8 Å². The molecule has 0 bridgehead atoms. The quantitative estimate of drug-likeness (QED) is 0.711. The summed E-state index contributed by atoms with van der Waals surface area (Å²) in [5, 5.41) is 0.00804. The average molecular weight is 436 g/mol. The number of nitrogens with two attached hydrogens (primary N) is 1. The van der Waals surface area contributed by atoms with Crippen LogP contribution in [0.3, 0.4) is 0 Å². The molecule has 25 heavy (non-hydrogen) atoms. The number of carbonyl (C=O) groups is 1. The largest absolute Gasteiger partial charge is 0.492 e. The summed E-state index contributed by atoms with van der Waals surface area (Å²) in [5.41, 5.74) is 4.32. The van der Waals surface area contributed by atoms with E-state index in [0.29, 0.717) is 0 Å². The van der Waals surface area contributed by atoms with Crippen molar-refractivity contribution < 1.29 is 23.0 Å². The summed E-state index contributed by atoms with van der Waals surface area (Å²) in [7, 11) is 1.22. The molecule has 2 rings (SSSR count). The third-order valence-corrected chi connectivity index (χ3v) is 4.26. The zero-order valence-corrected chi connectivity index (χ0v) is 15.8. The Hall–Kier alpha value is -1.93. The Morgan fingerprint density at radius 2 is 1.96 bits per heavy atom. The summed E-state index contributed by atoms with van der Waals surface area (Å²) < 4.78 is 39.0. The molecular weight excluding hydrogens is 422 g/mol. The monoisotopic (exact) mass is 434 g/mol. The summed E-state index contributed by atoms with van der Waals surface area (Å²) in [6, 6.07) is 2.54. The molecular formula is C16H14BrClF2N2O3. The van der Waals surface area contributed by atoms with Gasteiger partial charge in [0.25, 0.3) is 0 Å². The molecule has 134 valence electrons. The number of esters is 1. The van der Waals surface area contributed by atoms with E-state index in [1.165, 1.54) is 19.2 Å². The average Bonchev–Trinajstić information content (AvgIpc) is 2.53. The number of anilines is 1. The van der Waals surface area contributed by atoms with Crippen molar-refractivity contribution in [1.29, 1.82) is 0 Å². The molecule has 0 atom stereocenters. The van der Waals surface area contributed by atoms with E-state index in [4.69, 9.17) is 26.8 Å². The van der Waals surface area contributed by atoms with Crippen molar-refractivity contribution in [2.45, 2.75) is 20.0 Å². The molecule has 9 heteroatoms. The highest BCUT2D eigenvalue weighted by Crippen LogP contribution is 2.38. The molecule has 0 spiro atoms. The fraction of sp³-hybridized carbons (Fsp3) is 0.250. The van der Waals surface area contributed by atoms with Gasteiger partial charge in [0.2, 0.25) is 0 Å². The van der Waals surface area contributed by atoms with E-state index < -0.39 is 35.1 Å². The number of pyridine rings is 1. The van der Waals surface area contributed by atoms with Crippen molar-refractivity contribution in [3.05, 3.63) is 39.0 Å². The van der Waals surface area contributed by atoms with Crippen LogP contribution in [0.2, 0.25) is 5.02 Å². The second kappa shape index (κ2) is 7.53. The number of nitrogen functional groups attached to an aromatic ring is 1. The summed E-state index contributed by atoms with van der Waals surface area (Å²) in [5.74, 6) is -3.01. The van der Waals surface area contributed by atoms with E-state index >= 15 is 0 Å². The topological polar surface area (TPSA) is 74.4 Å². The van der Waals surface area contributed by atoms with E-state index in [9.17, 15) is 13.6 Å². The SMILES string of the molecule is COc1c(Cl)ccc(-c2nc(C(=O)OC(C)C)c(Br)c(N)c2F)c1F. The maximum atomic E-state index is 14.6. The Bertz CT molecular complexity index is 847. The van der Waals surface area contributed by atoms with Crippen LogP contribution in [0.4, 0.5) is 14.5 Å². The number of ether oxygens (including phenoxy) is 2. The Labute approximate surface area is 156 Å². The molecule has 0 unspecified atom stereocenters. The molecule has 2 N–H and O–H groups in total. The molecule has 0 radical (unpaired) electrons. The highest BCUT2D eigenvalue weighted by molar-refractivity contribution is 9.10. The molecule has 0 fully saturated rings. The number of rotatable bonds is 4. The first-order chi connectivity index (χ1) is 11.7. The van der Waals surface area contributed by atoms with E-state index in [0.717, 1.165) is 0 Å². The van der Waals surface area contributed by atoms with E-state index in [2.05, 4.69) is 20.9 Å². The minimum absolute atomic E-state index is 0.00804. The van der Waals surface area contributed by atoms with E-state index in [1.807, 2.05) is 0 Å². The van der Waals surface area contributed by atoms with E-state index in [1.54, 1.807) is 13.8 Å². The van der Waals surface area contributed by atoms with Crippen molar-refractivity contribution in [3.8, 4) is 17.0 Å². The van der Waals surface area contributed by atoms with Crippen LogP contribution in [-0.2, 0) is 4.74 Å². The van der Waals surface area contributed by atoms with Gasteiger partial charge in [-0.25, -0.2) is 18.6 Å². The Balaban J connectivity index is 2.71. The summed E-state index contributed by atoms with van der Waals surface area (Å²) >= 11 is 8.86. The fourth-order valence-electron chi connectivity index (χ4n) is 2.05. The van der Waals surface area contributed by atoms with Crippen LogP contribution in [0.25, 0.3) is 11.3 Å². The second-order valence-corrected chi connectivity index (χ2v) is 6.45. The van der Waals surface area contributed by atoms with Crippen LogP contribution in [0.5, 0.6) is 5.75 Å². The molecule has 2 aromatic rings. The number of nitrogens with zero attached hydrogens (tertiary/aromatic N) is 1. The fourth-order valence-corrected chi connectivity index (χ4v) is 2.70. The number of aromatic nitrogens is 1. The lowest BCUT2D eigenvalue weighted by atomic mass is 10.1. The van der Waals surface area contributed by atoms with Gasteiger partial charge in [0.05, 0.1) is 28.4 Å². The molecule has 0 amide bonds. The number of carbonyl (C=O) groups excluding carboxylic acids is 1. The van der Waals surface area contributed by atoms with Crippen LogP contribution in [0.1, 0.15) is 24.3 Å². The van der Waals surface area contributed by atoms with Gasteiger partial charge in [-0.2, -0.15) is 0 Å². The lowest BCUT2D eigenvalue weighted by molar-refractivity contribution is 0.0370. The first-order valence-corrected chi connectivity index (χ1v) is 8.23. The number of hydrogen-bond acceptors (Lipinski definition) is 5. The van der Waals surface area contributed by atoms with Gasteiger partial charge in [-0.1, -0.05) is 11.6 Å². The zero-order valence-electron chi connectivity index (χ0n) is 13.5.